The number of hydrogen-bond donors (Lipinski definition) is 0. The molecule has 25 heavy (non-hydrogen) atoms. The average Bonchev–Trinajstić information content (AvgIpc) is 3.12. The highest BCUT2D eigenvalue weighted by Crippen LogP contribution is 2.26. The molecule has 1 aromatic carbocycles. The first-order valence-electron chi connectivity index (χ1n) is 9.21. The molecule has 1 aromatic heterocycles. The molecule has 0 N–H and O–H groups in total. The van der Waals surface area contributed by atoms with Gasteiger partial charge < -0.3 is 14.2 Å². The third kappa shape index (κ3) is 4.21. The van der Waals surface area contributed by atoms with E-state index in [-0.39, 0.29) is 5.91 Å². The number of imidazole rings is 1. The molecule has 0 spiro atoms. The summed E-state index contributed by atoms with van der Waals surface area (Å²) in [5, 5.41) is 0. The number of amides is 1. The number of rotatable bonds is 6. The maximum absolute atomic E-state index is 12.7. The van der Waals surface area contributed by atoms with Gasteiger partial charge in [-0.15, -0.1) is 0 Å². The molecule has 2 heterocycles. The molecule has 0 bridgehead atoms. The Bertz CT molecular complexity index is 693. The summed E-state index contributed by atoms with van der Waals surface area (Å²) >= 11 is 0. The van der Waals surface area contributed by atoms with E-state index in [4.69, 9.17) is 4.74 Å². The van der Waals surface area contributed by atoms with Crippen molar-refractivity contribution >= 4 is 5.91 Å². The molecular weight excluding hydrogens is 314 g/mol. The maximum Gasteiger partial charge on any atom is 0.227 e. The summed E-state index contributed by atoms with van der Waals surface area (Å²) in [5.41, 5.74) is 1.03. The van der Waals surface area contributed by atoms with E-state index in [9.17, 15) is 4.79 Å². The number of piperidine rings is 1. The topological polar surface area (TPSA) is 47.4 Å². The minimum atomic E-state index is 0.198. The van der Waals surface area contributed by atoms with Crippen LogP contribution in [0.1, 0.15) is 44.0 Å². The zero-order valence-corrected chi connectivity index (χ0v) is 15.1. The molecular formula is C20H27N3O2. The van der Waals surface area contributed by atoms with Gasteiger partial charge in [-0.25, -0.2) is 4.98 Å². The SMILES string of the molecule is CCOc1ccc(CC(=O)N2CCCC(c3nccn3CC)C2)cc1. The van der Waals surface area contributed by atoms with Gasteiger partial charge in [-0.1, -0.05) is 12.1 Å². The lowest BCUT2D eigenvalue weighted by Gasteiger charge is -2.32. The van der Waals surface area contributed by atoms with Crippen molar-refractivity contribution in [3.8, 4) is 5.75 Å². The fraction of sp³-hybridized carbons (Fsp3) is 0.500. The summed E-state index contributed by atoms with van der Waals surface area (Å²) in [6, 6.07) is 7.83. The molecule has 5 nitrogen and oxygen atoms in total. The average molecular weight is 341 g/mol. The highest BCUT2D eigenvalue weighted by molar-refractivity contribution is 5.79. The predicted octanol–water partition coefficient (Wildman–Crippen LogP) is 3.25. The third-order valence-corrected chi connectivity index (χ3v) is 4.82. The van der Waals surface area contributed by atoms with E-state index in [1.165, 1.54) is 0 Å². The zero-order valence-electron chi connectivity index (χ0n) is 15.1. The monoisotopic (exact) mass is 341 g/mol. The van der Waals surface area contributed by atoms with Gasteiger partial charge in [0.05, 0.1) is 13.0 Å². The van der Waals surface area contributed by atoms with Crippen LogP contribution in [0.15, 0.2) is 36.7 Å². The molecule has 1 amide bonds. The maximum atomic E-state index is 12.7. The molecule has 1 fully saturated rings. The van der Waals surface area contributed by atoms with Crippen molar-refractivity contribution in [3.63, 3.8) is 0 Å². The number of aromatic nitrogens is 2. The summed E-state index contributed by atoms with van der Waals surface area (Å²) in [7, 11) is 0. The Hall–Kier alpha value is -2.30. The summed E-state index contributed by atoms with van der Waals surface area (Å²) in [5.74, 6) is 2.50. The van der Waals surface area contributed by atoms with E-state index in [1.54, 1.807) is 0 Å². The van der Waals surface area contributed by atoms with Gasteiger partial charge >= 0.3 is 0 Å². The first-order chi connectivity index (χ1) is 12.2. The number of likely N-dealkylation sites (tertiary alicyclic amines) is 1. The molecule has 0 aliphatic carbocycles. The Labute approximate surface area is 149 Å². The molecule has 5 heteroatoms. The smallest absolute Gasteiger partial charge is 0.227 e. The van der Waals surface area contributed by atoms with E-state index in [0.29, 0.717) is 18.9 Å². The molecule has 1 aliphatic rings. The third-order valence-electron chi connectivity index (χ3n) is 4.82. The molecule has 1 unspecified atom stereocenters. The number of aryl methyl sites for hydroxylation is 1. The lowest BCUT2D eigenvalue weighted by molar-refractivity contribution is -0.131. The Morgan fingerprint density at radius 3 is 2.80 bits per heavy atom. The highest BCUT2D eigenvalue weighted by Gasteiger charge is 2.27. The number of nitrogens with zero attached hydrogens (tertiary/aromatic N) is 3. The Morgan fingerprint density at radius 1 is 1.28 bits per heavy atom. The van der Waals surface area contributed by atoms with Gasteiger partial charge in [-0.2, -0.15) is 0 Å². The van der Waals surface area contributed by atoms with Gasteiger partial charge in [0, 0.05) is 37.9 Å². The van der Waals surface area contributed by atoms with Crippen LogP contribution in [-0.2, 0) is 17.8 Å². The van der Waals surface area contributed by atoms with E-state index in [2.05, 4.69) is 16.5 Å². The molecule has 0 radical (unpaired) electrons. The molecule has 1 aliphatic heterocycles. The number of carbonyl (C=O) groups excluding carboxylic acids is 1. The summed E-state index contributed by atoms with van der Waals surface area (Å²) < 4.78 is 7.64. The van der Waals surface area contributed by atoms with Crippen LogP contribution in [0, 0.1) is 0 Å². The highest BCUT2D eigenvalue weighted by atomic mass is 16.5. The van der Waals surface area contributed by atoms with Crippen molar-refractivity contribution in [3.05, 3.63) is 48.0 Å². The van der Waals surface area contributed by atoms with Crippen LogP contribution in [0.25, 0.3) is 0 Å². The standard InChI is InChI=1S/C20H27N3O2/c1-3-22-13-11-21-20(22)17-6-5-12-23(15-17)19(24)14-16-7-9-18(10-8-16)25-4-2/h7-11,13,17H,3-6,12,14-15H2,1-2H3. The van der Waals surface area contributed by atoms with Crippen molar-refractivity contribution in [1.82, 2.24) is 14.5 Å². The van der Waals surface area contributed by atoms with Gasteiger partial charge in [0.2, 0.25) is 5.91 Å². The Kier molecular flexibility index (Phi) is 5.74. The molecule has 1 atom stereocenters. The zero-order chi connectivity index (χ0) is 17.6. The number of ether oxygens (including phenoxy) is 1. The molecule has 1 saturated heterocycles. The number of carbonyl (C=O) groups is 1. The van der Waals surface area contributed by atoms with E-state index >= 15 is 0 Å². The number of benzene rings is 1. The molecule has 134 valence electrons. The second-order valence-electron chi connectivity index (χ2n) is 6.50. The first kappa shape index (κ1) is 17.5. The van der Waals surface area contributed by atoms with Gasteiger partial charge in [-0.05, 0) is 44.4 Å². The van der Waals surface area contributed by atoms with Gasteiger partial charge in [0.15, 0.2) is 0 Å². The van der Waals surface area contributed by atoms with Crippen LogP contribution in [0.5, 0.6) is 5.75 Å². The minimum absolute atomic E-state index is 0.198. The lowest BCUT2D eigenvalue weighted by atomic mass is 9.96. The van der Waals surface area contributed by atoms with E-state index in [0.717, 1.165) is 49.6 Å². The fourth-order valence-corrected chi connectivity index (χ4v) is 3.52. The van der Waals surface area contributed by atoms with Crippen LogP contribution < -0.4 is 4.74 Å². The fourth-order valence-electron chi connectivity index (χ4n) is 3.52. The second-order valence-corrected chi connectivity index (χ2v) is 6.50. The minimum Gasteiger partial charge on any atom is -0.494 e. The first-order valence-corrected chi connectivity index (χ1v) is 9.21. The van der Waals surface area contributed by atoms with Gasteiger partial charge in [-0.3, -0.25) is 4.79 Å². The van der Waals surface area contributed by atoms with Crippen LogP contribution in [0.4, 0.5) is 0 Å². The Morgan fingerprint density at radius 2 is 2.08 bits per heavy atom. The summed E-state index contributed by atoms with van der Waals surface area (Å²) in [4.78, 5) is 19.2. The van der Waals surface area contributed by atoms with Crippen LogP contribution in [0.2, 0.25) is 0 Å². The van der Waals surface area contributed by atoms with Crippen molar-refractivity contribution < 1.29 is 9.53 Å². The molecule has 2 aromatic rings. The largest absolute Gasteiger partial charge is 0.494 e. The summed E-state index contributed by atoms with van der Waals surface area (Å²) in [6.07, 6.45) is 6.47. The van der Waals surface area contributed by atoms with Crippen molar-refractivity contribution in [2.75, 3.05) is 19.7 Å². The quantitative estimate of drug-likeness (QED) is 0.810. The van der Waals surface area contributed by atoms with Crippen molar-refractivity contribution in [1.29, 1.82) is 0 Å². The van der Waals surface area contributed by atoms with Crippen LogP contribution in [0.3, 0.4) is 0 Å². The van der Waals surface area contributed by atoms with Crippen molar-refractivity contribution in [2.45, 2.75) is 45.6 Å². The number of hydrogen-bond acceptors (Lipinski definition) is 3. The molecule has 3 rings (SSSR count). The van der Waals surface area contributed by atoms with Crippen LogP contribution >= 0.6 is 0 Å². The van der Waals surface area contributed by atoms with Crippen molar-refractivity contribution in [2.24, 2.45) is 0 Å². The second kappa shape index (κ2) is 8.19. The summed E-state index contributed by atoms with van der Waals surface area (Å²) in [6.45, 7) is 7.29. The lowest BCUT2D eigenvalue weighted by Crippen LogP contribution is -2.40. The van der Waals surface area contributed by atoms with E-state index in [1.807, 2.05) is 48.5 Å². The van der Waals surface area contributed by atoms with Crippen LogP contribution in [-0.4, -0.2) is 40.1 Å². The molecule has 0 saturated carbocycles. The van der Waals surface area contributed by atoms with Gasteiger partial charge in [0.1, 0.15) is 11.6 Å². The van der Waals surface area contributed by atoms with Gasteiger partial charge in [0.25, 0.3) is 0 Å². The predicted molar refractivity (Wildman–Crippen MR) is 97.8 cm³/mol. The van der Waals surface area contributed by atoms with E-state index < -0.39 is 0 Å². The Balaban J connectivity index is 1.62. The normalized spacial score (nSPS) is 17.5.